The molecule has 0 saturated carbocycles. The van der Waals surface area contributed by atoms with E-state index in [0.29, 0.717) is 0 Å². The number of nitrogens with zero attached hydrogens (tertiary/aromatic N) is 2. The van der Waals surface area contributed by atoms with E-state index in [1.54, 1.807) is 0 Å². The number of hydrogen-bond donors (Lipinski definition) is 2. The lowest BCUT2D eigenvalue weighted by atomic mass is 10.1. The third kappa shape index (κ3) is 5.42. The van der Waals surface area contributed by atoms with E-state index < -0.39 is 0 Å². The molecule has 0 aliphatic heterocycles. The monoisotopic (exact) mass is 432 g/mol. The lowest BCUT2D eigenvalue weighted by Gasteiger charge is -2.11. The van der Waals surface area contributed by atoms with Gasteiger partial charge in [-0.2, -0.15) is 0 Å². The summed E-state index contributed by atoms with van der Waals surface area (Å²) < 4.78 is 1.18. The number of aromatic nitrogens is 1. The lowest BCUT2D eigenvalue weighted by molar-refractivity contribution is 1.07. The molecule has 4 nitrogen and oxygen atoms in total. The van der Waals surface area contributed by atoms with Gasteiger partial charge in [0.25, 0.3) is 0 Å². The van der Waals surface area contributed by atoms with Crippen molar-refractivity contribution in [1.29, 1.82) is 0 Å². The number of hydrogen-bond acceptors (Lipinski definition) is 4. The van der Waals surface area contributed by atoms with E-state index in [2.05, 4.69) is 33.6 Å². The van der Waals surface area contributed by atoms with E-state index in [1.807, 2.05) is 79.8 Å². The number of nitrogens with two attached hydrogens (primary N) is 2. The minimum absolute atomic E-state index is 0.772. The molecule has 124 valence electrons. The first-order valence-electron chi connectivity index (χ1n) is 7.46. The Kier molecular flexibility index (Phi) is 6.43. The molecule has 0 bridgehead atoms. The fraction of sp³-hybridized carbons (Fsp3) is 0.105. The summed E-state index contributed by atoms with van der Waals surface area (Å²) in [6.07, 6.45) is 1.87. The van der Waals surface area contributed by atoms with Gasteiger partial charge in [-0.25, -0.2) is 4.98 Å². The predicted molar refractivity (Wildman–Crippen MR) is 112 cm³/mol. The second-order valence-electron chi connectivity index (χ2n) is 5.48. The Morgan fingerprint density at radius 3 is 1.96 bits per heavy atom. The van der Waals surface area contributed by atoms with Gasteiger partial charge in [-0.1, -0.05) is 18.2 Å². The van der Waals surface area contributed by atoms with Gasteiger partial charge < -0.3 is 16.4 Å². The van der Waals surface area contributed by atoms with Crippen LogP contribution in [0.25, 0.3) is 11.1 Å². The number of benzene rings is 2. The summed E-state index contributed by atoms with van der Waals surface area (Å²) in [4.78, 5) is 6.34. The maximum Gasteiger partial charge on any atom is 0.127 e. The average molecular weight is 432 g/mol. The molecule has 3 aromatic rings. The molecular formula is C19H21IN4. The highest BCUT2D eigenvalue weighted by Crippen LogP contribution is 2.22. The van der Waals surface area contributed by atoms with Crippen molar-refractivity contribution in [2.45, 2.75) is 0 Å². The molecule has 1 aromatic heterocycles. The van der Waals surface area contributed by atoms with Crippen molar-refractivity contribution in [3.05, 3.63) is 70.4 Å². The second kappa shape index (κ2) is 8.54. The first-order chi connectivity index (χ1) is 11.5. The van der Waals surface area contributed by atoms with Crippen LogP contribution in [0.3, 0.4) is 0 Å². The van der Waals surface area contributed by atoms with Gasteiger partial charge in [-0.05, 0) is 70.6 Å². The van der Waals surface area contributed by atoms with Crippen molar-refractivity contribution >= 4 is 39.8 Å². The maximum atomic E-state index is 5.75. The third-order valence-corrected chi connectivity index (χ3v) is 3.95. The molecular weight excluding hydrogens is 411 g/mol. The largest absolute Gasteiger partial charge is 0.399 e. The zero-order valence-electron chi connectivity index (χ0n) is 13.8. The van der Waals surface area contributed by atoms with Crippen molar-refractivity contribution in [3.8, 4) is 11.1 Å². The third-order valence-electron chi connectivity index (χ3n) is 3.27. The number of pyridine rings is 1. The summed E-state index contributed by atoms with van der Waals surface area (Å²) in [6, 6.07) is 19.6. The molecule has 2 aromatic carbocycles. The van der Waals surface area contributed by atoms with Gasteiger partial charge in [0.15, 0.2) is 0 Å². The van der Waals surface area contributed by atoms with Crippen LogP contribution in [-0.2, 0) is 0 Å². The number of anilines is 3. The molecule has 5 heteroatoms. The van der Waals surface area contributed by atoms with Gasteiger partial charge in [0.05, 0.1) is 0 Å². The van der Waals surface area contributed by atoms with Crippen LogP contribution in [0.5, 0.6) is 0 Å². The molecule has 0 unspecified atom stereocenters. The quantitative estimate of drug-likeness (QED) is 0.469. The second-order valence-corrected chi connectivity index (χ2v) is 6.73. The molecule has 3 rings (SSSR count). The molecule has 4 N–H and O–H groups in total. The van der Waals surface area contributed by atoms with Crippen molar-refractivity contribution < 1.29 is 0 Å². The lowest BCUT2D eigenvalue weighted by Crippen LogP contribution is -2.09. The Bertz CT molecular complexity index is 768. The summed E-state index contributed by atoms with van der Waals surface area (Å²) >= 11 is 2.23. The van der Waals surface area contributed by atoms with Gasteiger partial charge in [-0.15, -0.1) is 0 Å². The van der Waals surface area contributed by atoms with E-state index in [1.165, 1.54) is 3.57 Å². The van der Waals surface area contributed by atoms with Gasteiger partial charge in [0.2, 0.25) is 0 Å². The summed E-state index contributed by atoms with van der Waals surface area (Å²) in [5.41, 5.74) is 15.0. The van der Waals surface area contributed by atoms with Gasteiger partial charge >= 0.3 is 0 Å². The summed E-state index contributed by atoms with van der Waals surface area (Å²) in [6.45, 7) is 0. The molecule has 0 fully saturated rings. The van der Waals surface area contributed by atoms with Crippen LogP contribution in [0.1, 0.15) is 0 Å². The molecule has 0 aliphatic rings. The first-order valence-corrected chi connectivity index (χ1v) is 8.54. The highest BCUT2D eigenvalue weighted by Gasteiger charge is 2.00. The van der Waals surface area contributed by atoms with Crippen LogP contribution in [0.4, 0.5) is 17.2 Å². The molecule has 0 atom stereocenters. The molecule has 24 heavy (non-hydrogen) atoms. The number of rotatable bonds is 2. The van der Waals surface area contributed by atoms with Crippen LogP contribution >= 0.6 is 22.6 Å². The first kappa shape index (κ1) is 18.1. The zero-order valence-corrected chi connectivity index (χ0v) is 15.9. The fourth-order valence-electron chi connectivity index (χ4n) is 2.05. The summed E-state index contributed by atoms with van der Waals surface area (Å²) in [5.74, 6) is 0.952. The van der Waals surface area contributed by atoms with Gasteiger partial charge in [0.1, 0.15) is 5.82 Å². The Hall–Kier alpha value is -2.28. The molecule has 0 amide bonds. The molecule has 0 saturated heterocycles. The van der Waals surface area contributed by atoms with Gasteiger partial charge in [0, 0.05) is 40.8 Å². The molecule has 0 spiro atoms. The minimum Gasteiger partial charge on any atom is -0.399 e. The van der Waals surface area contributed by atoms with Crippen LogP contribution in [0.2, 0.25) is 0 Å². The molecule has 1 heterocycles. The van der Waals surface area contributed by atoms with Crippen molar-refractivity contribution in [3.63, 3.8) is 0 Å². The average Bonchev–Trinajstić information content (AvgIpc) is 2.55. The summed E-state index contributed by atoms with van der Waals surface area (Å²) in [5, 5.41) is 0. The van der Waals surface area contributed by atoms with E-state index in [0.717, 1.165) is 28.3 Å². The van der Waals surface area contributed by atoms with Crippen LogP contribution in [0.15, 0.2) is 66.9 Å². The van der Waals surface area contributed by atoms with E-state index in [9.17, 15) is 0 Å². The Labute approximate surface area is 156 Å². The minimum atomic E-state index is 0.772. The van der Waals surface area contributed by atoms with Crippen LogP contribution < -0.4 is 16.4 Å². The normalized spacial score (nSPS) is 9.79. The number of nitrogen functional groups attached to an aromatic ring is 2. The maximum absolute atomic E-state index is 5.75. The zero-order chi connectivity index (χ0) is 17.5. The van der Waals surface area contributed by atoms with E-state index in [-0.39, 0.29) is 0 Å². The smallest absolute Gasteiger partial charge is 0.127 e. The van der Waals surface area contributed by atoms with Crippen LogP contribution in [-0.4, -0.2) is 19.1 Å². The number of halogens is 1. The van der Waals surface area contributed by atoms with E-state index in [4.69, 9.17) is 11.5 Å². The topological polar surface area (TPSA) is 68.2 Å². The predicted octanol–water partition coefficient (Wildman–Crippen LogP) is 4.27. The van der Waals surface area contributed by atoms with Gasteiger partial charge in [-0.3, -0.25) is 0 Å². The standard InChI is InChI=1S/C13H15N3.C6H6IN/c1-16(2)13-7-6-11(9-15-13)10-4-3-5-12(14)8-10;7-5-2-1-3-6(8)4-5/h3-9H,14H2,1-2H3;1-4H,8H2. The van der Waals surface area contributed by atoms with Crippen molar-refractivity contribution in [2.75, 3.05) is 30.5 Å². The van der Waals surface area contributed by atoms with Crippen LogP contribution in [0, 0.1) is 3.57 Å². The van der Waals surface area contributed by atoms with Crippen molar-refractivity contribution in [1.82, 2.24) is 4.98 Å². The van der Waals surface area contributed by atoms with E-state index >= 15 is 0 Å². The highest BCUT2D eigenvalue weighted by molar-refractivity contribution is 14.1. The molecule has 0 aliphatic carbocycles. The van der Waals surface area contributed by atoms with Crippen molar-refractivity contribution in [2.24, 2.45) is 0 Å². The summed E-state index contributed by atoms with van der Waals surface area (Å²) in [7, 11) is 3.95. The fourth-order valence-corrected chi connectivity index (χ4v) is 2.61. The Morgan fingerprint density at radius 2 is 1.50 bits per heavy atom. The SMILES string of the molecule is CN(C)c1ccc(-c2cccc(N)c2)cn1.Nc1cccc(I)c1. The Balaban J connectivity index is 0.000000219. The Morgan fingerprint density at radius 1 is 0.833 bits per heavy atom. The molecule has 0 radical (unpaired) electrons. The highest BCUT2D eigenvalue weighted by atomic mass is 127.